The van der Waals surface area contributed by atoms with Crippen LogP contribution in [0.2, 0.25) is 8.87 Å². The van der Waals surface area contributed by atoms with Crippen LogP contribution in [0, 0.1) is 0 Å². The van der Waals surface area contributed by atoms with Crippen molar-refractivity contribution in [3.63, 3.8) is 0 Å². The fourth-order valence-corrected chi connectivity index (χ4v) is 5.66. The molecule has 0 aliphatic rings. The molecule has 0 fully saturated rings. The molecule has 0 aliphatic carbocycles. The van der Waals surface area contributed by atoms with Crippen LogP contribution in [0.15, 0.2) is 24.3 Å². The number of rotatable bonds is 14. The maximum atomic E-state index is 10.5. The van der Waals surface area contributed by atoms with E-state index in [1.54, 1.807) is 8.87 Å². The zero-order valence-electron chi connectivity index (χ0n) is 19.1. The molecule has 0 rings (SSSR count). The van der Waals surface area contributed by atoms with Crippen molar-refractivity contribution in [1.82, 2.24) is 0 Å². The average Bonchev–Trinajstić information content (AvgIpc) is 2.74. The second-order valence-corrected chi connectivity index (χ2v) is 10.4. The summed E-state index contributed by atoms with van der Waals surface area (Å²) in [6, 6.07) is 0. The Bertz CT molecular complexity index is 484. The molecule has 0 atom stereocenters. The van der Waals surface area contributed by atoms with E-state index >= 15 is 0 Å². The van der Waals surface area contributed by atoms with Gasteiger partial charge in [0.25, 0.3) is 0 Å². The Hall–Kier alpha value is -1.84. The number of aliphatic carboxylic acids is 2. The van der Waals surface area contributed by atoms with Crippen LogP contribution in [-0.2, 0) is 28.7 Å². The van der Waals surface area contributed by atoms with Gasteiger partial charge in [0.05, 0.1) is 25.2 Å². The van der Waals surface area contributed by atoms with Crippen LogP contribution in [0.4, 0.5) is 0 Å². The van der Waals surface area contributed by atoms with Crippen LogP contribution < -0.4 is 10.2 Å². The van der Waals surface area contributed by atoms with Gasteiger partial charge in [0.2, 0.25) is 0 Å². The molecule has 9 heteroatoms. The summed E-state index contributed by atoms with van der Waals surface area (Å²) in [5.74, 6) is -4.12. The molecule has 0 saturated heterocycles. The summed E-state index contributed by atoms with van der Waals surface area (Å²) in [6.07, 6.45) is 10.2. The summed E-state index contributed by atoms with van der Waals surface area (Å²) in [6.45, 7) is 8.87. The molecule has 0 aromatic heterocycles. The van der Waals surface area contributed by atoms with E-state index in [-0.39, 0.29) is 21.1 Å². The molecule has 0 heterocycles. The van der Waals surface area contributed by atoms with E-state index in [1.165, 1.54) is 25.7 Å². The van der Waals surface area contributed by atoms with Crippen LogP contribution in [0.1, 0.15) is 66.2 Å². The molecule has 0 saturated carbocycles. The molecule has 176 valence electrons. The van der Waals surface area contributed by atoms with E-state index in [4.69, 9.17) is 0 Å². The van der Waals surface area contributed by atoms with Crippen LogP contribution >= 0.6 is 0 Å². The molecule has 8 nitrogen and oxygen atoms in total. The monoisotopic (exact) mass is 548 g/mol. The van der Waals surface area contributed by atoms with Gasteiger partial charge in [-0.25, -0.2) is 9.59 Å². The molecular formula is C22H36O8Sn. The van der Waals surface area contributed by atoms with Gasteiger partial charge in [0, 0.05) is 12.2 Å². The molecule has 0 amide bonds. The van der Waals surface area contributed by atoms with Crippen molar-refractivity contribution in [2.45, 2.75) is 75.1 Å². The number of carbonyl (C=O) groups excluding carboxylic acids is 4. The van der Waals surface area contributed by atoms with Crippen LogP contribution in [0.5, 0.6) is 0 Å². The van der Waals surface area contributed by atoms with E-state index in [2.05, 4.69) is 23.3 Å². The fourth-order valence-electron chi connectivity index (χ4n) is 1.50. The number of carbonyl (C=O) groups is 4. The molecule has 0 aromatic rings. The normalized spacial score (nSPS) is 9.68. The number of ether oxygens (including phenoxy) is 2. The molecular weight excluding hydrogens is 511 g/mol. The summed E-state index contributed by atoms with van der Waals surface area (Å²) in [7, 11) is 0. The second kappa shape index (κ2) is 28.2. The van der Waals surface area contributed by atoms with Gasteiger partial charge in [-0.05, 0) is 25.0 Å². The number of carboxylic acids is 2. The summed E-state index contributed by atoms with van der Waals surface area (Å²) in [4.78, 5) is 40.6. The number of carboxylic acid groups (broad SMARTS) is 2. The molecule has 0 bridgehead atoms. The SMILES string of the molecule is CCCOC(=O)/C=C\C(=O)[O-].CCCOC(=O)/C=C\C(=O)[O-].CCC[CH2][Sn+2][CH2]CCC. The van der Waals surface area contributed by atoms with Gasteiger partial charge in [0.1, 0.15) is 0 Å². The van der Waals surface area contributed by atoms with E-state index in [0.717, 1.165) is 12.2 Å². The van der Waals surface area contributed by atoms with Gasteiger partial charge in [-0.3, -0.25) is 0 Å². The molecule has 0 radical (unpaired) electrons. The summed E-state index contributed by atoms with van der Waals surface area (Å²) < 4.78 is 12.3. The fraction of sp³-hybridized carbons (Fsp3) is 0.636. The summed E-state index contributed by atoms with van der Waals surface area (Å²) >= 11 is 0.149. The summed E-state index contributed by atoms with van der Waals surface area (Å²) in [5, 5.41) is 19.5. The van der Waals surface area contributed by atoms with Crippen molar-refractivity contribution in [3.05, 3.63) is 24.3 Å². The first-order valence-corrected chi connectivity index (χ1v) is 14.6. The van der Waals surface area contributed by atoms with Crippen LogP contribution in [-0.4, -0.2) is 58.2 Å². The van der Waals surface area contributed by atoms with Gasteiger partial charge in [0.15, 0.2) is 0 Å². The Kier molecular flexibility index (Phi) is 30.7. The third-order valence-corrected chi connectivity index (χ3v) is 7.06. The predicted octanol–water partition coefficient (Wildman–Crippen LogP) is 1.62. The number of hydrogen-bond donors (Lipinski definition) is 0. The minimum atomic E-state index is -1.40. The second-order valence-electron chi connectivity index (χ2n) is 6.10. The average molecular weight is 547 g/mol. The van der Waals surface area contributed by atoms with Gasteiger partial charge in [-0.15, -0.1) is 0 Å². The van der Waals surface area contributed by atoms with Crippen LogP contribution in [0.25, 0.3) is 0 Å². The Morgan fingerprint density at radius 3 is 1.26 bits per heavy atom. The van der Waals surface area contributed by atoms with Gasteiger partial charge in [-0.1, -0.05) is 13.8 Å². The zero-order chi connectivity index (χ0) is 24.3. The minimum absolute atomic E-state index is 0.149. The third kappa shape index (κ3) is 39.2. The number of unbranched alkanes of at least 4 members (excludes halogenated alkanes) is 2. The first-order valence-electron chi connectivity index (χ1n) is 10.6. The van der Waals surface area contributed by atoms with Crippen molar-refractivity contribution < 1.29 is 38.9 Å². The van der Waals surface area contributed by atoms with E-state index in [0.29, 0.717) is 38.2 Å². The molecule has 0 aliphatic heterocycles. The van der Waals surface area contributed by atoms with Crippen molar-refractivity contribution in [3.8, 4) is 0 Å². The van der Waals surface area contributed by atoms with Crippen molar-refractivity contribution in [1.29, 1.82) is 0 Å². The molecule has 0 N–H and O–H groups in total. The quantitative estimate of drug-likeness (QED) is 0.139. The standard InChI is InChI=1S/2C7H10O4.2C4H9.Sn/c2*1-2-5-11-7(10)4-3-6(8)9;2*1-3-4-2;/h2*3-4H,2,5H2,1H3,(H,8,9);2*1,3-4H2,2H3;/q;;;;+2/p-2/b2*4-3-;;;. The first kappa shape index (κ1) is 33.8. The number of esters is 2. The Morgan fingerprint density at radius 1 is 0.645 bits per heavy atom. The topological polar surface area (TPSA) is 133 Å². The van der Waals surface area contributed by atoms with Crippen molar-refractivity contribution in [2.75, 3.05) is 13.2 Å². The Labute approximate surface area is 196 Å². The van der Waals surface area contributed by atoms with Crippen molar-refractivity contribution >= 4 is 45.0 Å². The molecule has 0 unspecified atom stereocenters. The van der Waals surface area contributed by atoms with Gasteiger partial charge < -0.3 is 29.3 Å². The molecule has 0 aromatic carbocycles. The molecule has 0 spiro atoms. The zero-order valence-corrected chi connectivity index (χ0v) is 22.0. The van der Waals surface area contributed by atoms with E-state index < -0.39 is 23.9 Å². The van der Waals surface area contributed by atoms with Crippen molar-refractivity contribution in [2.24, 2.45) is 0 Å². The third-order valence-electron chi connectivity index (χ3n) is 3.02. The first-order chi connectivity index (χ1) is 14.7. The van der Waals surface area contributed by atoms with Gasteiger partial charge in [-0.2, -0.15) is 0 Å². The van der Waals surface area contributed by atoms with Crippen LogP contribution in [0.3, 0.4) is 0 Å². The maximum absolute atomic E-state index is 10.5. The number of hydrogen-bond acceptors (Lipinski definition) is 8. The Morgan fingerprint density at radius 2 is 1.00 bits per heavy atom. The molecule has 31 heavy (non-hydrogen) atoms. The van der Waals surface area contributed by atoms with E-state index in [1.807, 2.05) is 13.8 Å². The van der Waals surface area contributed by atoms with E-state index in [9.17, 15) is 29.4 Å². The van der Waals surface area contributed by atoms with Gasteiger partial charge >= 0.3 is 81.5 Å². The predicted molar refractivity (Wildman–Crippen MR) is 116 cm³/mol. The summed E-state index contributed by atoms with van der Waals surface area (Å²) in [5.41, 5.74) is 0. The Balaban J connectivity index is -0.000000382.